The van der Waals surface area contributed by atoms with Crippen LogP contribution in [0.25, 0.3) is 0 Å². The molecule has 0 saturated carbocycles. The molecule has 1 heterocycles. The van der Waals surface area contributed by atoms with Crippen LogP contribution >= 0.6 is 0 Å². The number of esters is 1. The maximum atomic E-state index is 10.7. The molecule has 0 unspecified atom stereocenters. The lowest BCUT2D eigenvalue weighted by atomic mass is 10.2. The lowest BCUT2D eigenvalue weighted by molar-refractivity contribution is -0.139. The van der Waals surface area contributed by atoms with E-state index >= 15 is 0 Å². The zero-order valence-electron chi connectivity index (χ0n) is 5.68. The molecule has 0 radical (unpaired) electrons. The Hall–Kier alpha value is -0.790. The molecule has 2 nitrogen and oxygen atoms in total. The van der Waals surface area contributed by atoms with Crippen molar-refractivity contribution in [2.45, 2.75) is 26.4 Å². The predicted molar refractivity (Wildman–Crippen MR) is 33.9 cm³/mol. The molecule has 0 aliphatic carbocycles. The summed E-state index contributed by atoms with van der Waals surface area (Å²) in [5.41, 5.74) is 0.738. The first kappa shape index (κ1) is 6.33. The van der Waals surface area contributed by atoms with Gasteiger partial charge in [0.2, 0.25) is 0 Å². The first-order valence-electron chi connectivity index (χ1n) is 3.13. The second kappa shape index (κ2) is 2.21. The standard InChI is InChI=1S/C7H10O2/c1-3-6-4-5(2)7(8)9-6/h4,6H,3H2,1-2H3/t6-/m0/s1. The third kappa shape index (κ3) is 1.12. The van der Waals surface area contributed by atoms with Gasteiger partial charge in [0.15, 0.2) is 0 Å². The number of cyclic esters (lactones) is 1. The Morgan fingerprint density at radius 1 is 1.78 bits per heavy atom. The van der Waals surface area contributed by atoms with Gasteiger partial charge in [-0.1, -0.05) is 6.92 Å². The van der Waals surface area contributed by atoms with Crippen molar-refractivity contribution < 1.29 is 9.53 Å². The number of hydrogen-bond acceptors (Lipinski definition) is 2. The molecule has 0 saturated heterocycles. The van der Waals surface area contributed by atoms with Crippen molar-refractivity contribution in [1.29, 1.82) is 0 Å². The van der Waals surface area contributed by atoms with E-state index in [0.717, 1.165) is 12.0 Å². The highest BCUT2D eigenvalue weighted by Crippen LogP contribution is 2.14. The van der Waals surface area contributed by atoms with Crippen LogP contribution in [0.2, 0.25) is 0 Å². The fourth-order valence-electron chi connectivity index (χ4n) is 0.813. The van der Waals surface area contributed by atoms with E-state index in [9.17, 15) is 4.79 Å². The summed E-state index contributed by atoms with van der Waals surface area (Å²) in [6.07, 6.45) is 2.78. The predicted octanol–water partition coefficient (Wildman–Crippen LogP) is 1.27. The molecule has 0 aromatic rings. The molecule has 1 aliphatic heterocycles. The maximum Gasteiger partial charge on any atom is 0.334 e. The van der Waals surface area contributed by atoms with Gasteiger partial charge in [0, 0.05) is 5.57 Å². The Morgan fingerprint density at radius 3 is 2.67 bits per heavy atom. The molecule has 0 aromatic carbocycles. The quantitative estimate of drug-likeness (QED) is 0.494. The van der Waals surface area contributed by atoms with Crippen LogP contribution in [-0.4, -0.2) is 12.1 Å². The molecular weight excluding hydrogens is 116 g/mol. The van der Waals surface area contributed by atoms with Crippen LogP contribution in [0.3, 0.4) is 0 Å². The summed E-state index contributed by atoms with van der Waals surface area (Å²) < 4.78 is 4.89. The first-order chi connectivity index (χ1) is 4.24. The second-order valence-electron chi connectivity index (χ2n) is 2.20. The Balaban J connectivity index is 2.62. The zero-order valence-corrected chi connectivity index (χ0v) is 5.68. The van der Waals surface area contributed by atoms with Gasteiger partial charge < -0.3 is 4.74 Å². The Bertz CT molecular complexity index is 158. The fourth-order valence-corrected chi connectivity index (χ4v) is 0.813. The van der Waals surface area contributed by atoms with Crippen LogP contribution in [0.4, 0.5) is 0 Å². The molecule has 1 aliphatic rings. The summed E-state index contributed by atoms with van der Waals surface area (Å²) in [5, 5.41) is 0. The average molecular weight is 126 g/mol. The Morgan fingerprint density at radius 2 is 2.44 bits per heavy atom. The van der Waals surface area contributed by atoms with Gasteiger partial charge in [0.25, 0.3) is 0 Å². The molecule has 9 heavy (non-hydrogen) atoms. The van der Waals surface area contributed by atoms with E-state index in [2.05, 4.69) is 0 Å². The van der Waals surface area contributed by atoms with Gasteiger partial charge in [-0.25, -0.2) is 4.79 Å². The van der Waals surface area contributed by atoms with Gasteiger partial charge >= 0.3 is 5.97 Å². The topological polar surface area (TPSA) is 26.3 Å². The number of ether oxygens (including phenoxy) is 1. The number of hydrogen-bond donors (Lipinski definition) is 0. The van der Waals surface area contributed by atoms with Crippen molar-refractivity contribution >= 4 is 5.97 Å². The van der Waals surface area contributed by atoms with Gasteiger partial charge in [0.05, 0.1) is 0 Å². The molecule has 0 bridgehead atoms. The normalized spacial score (nSPS) is 25.8. The van der Waals surface area contributed by atoms with E-state index in [1.54, 1.807) is 6.92 Å². The highest BCUT2D eigenvalue weighted by atomic mass is 16.5. The summed E-state index contributed by atoms with van der Waals surface area (Å²) >= 11 is 0. The van der Waals surface area contributed by atoms with Crippen LogP contribution < -0.4 is 0 Å². The van der Waals surface area contributed by atoms with Crippen molar-refractivity contribution in [2.24, 2.45) is 0 Å². The summed E-state index contributed by atoms with van der Waals surface area (Å²) in [5.74, 6) is -0.165. The molecule has 0 amide bonds. The lowest BCUT2D eigenvalue weighted by Gasteiger charge is -2.01. The summed E-state index contributed by atoms with van der Waals surface area (Å²) in [6.45, 7) is 3.77. The molecule has 1 rings (SSSR count). The van der Waals surface area contributed by atoms with Gasteiger partial charge in [-0.15, -0.1) is 0 Å². The van der Waals surface area contributed by atoms with E-state index in [-0.39, 0.29) is 12.1 Å². The van der Waals surface area contributed by atoms with Crippen molar-refractivity contribution in [3.05, 3.63) is 11.6 Å². The minimum absolute atomic E-state index is 0.0394. The Labute approximate surface area is 54.5 Å². The van der Waals surface area contributed by atoms with E-state index in [0.29, 0.717) is 0 Å². The average Bonchev–Trinajstić information content (AvgIpc) is 2.13. The van der Waals surface area contributed by atoms with E-state index < -0.39 is 0 Å². The number of carbonyl (C=O) groups excluding carboxylic acids is 1. The zero-order chi connectivity index (χ0) is 6.85. The molecule has 0 N–H and O–H groups in total. The largest absolute Gasteiger partial charge is 0.455 e. The molecule has 0 aromatic heterocycles. The lowest BCUT2D eigenvalue weighted by Crippen LogP contribution is -2.05. The highest BCUT2D eigenvalue weighted by Gasteiger charge is 2.19. The van der Waals surface area contributed by atoms with Gasteiger partial charge in [0.1, 0.15) is 6.10 Å². The number of rotatable bonds is 1. The van der Waals surface area contributed by atoms with Crippen molar-refractivity contribution in [2.75, 3.05) is 0 Å². The van der Waals surface area contributed by atoms with Crippen LogP contribution in [0.15, 0.2) is 11.6 Å². The Kier molecular flexibility index (Phi) is 1.56. The smallest absolute Gasteiger partial charge is 0.334 e. The van der Waals surface area contributed by atoms with Crippen LogP contribution in [0.1, 0.15) is 20.3 Å². The summed E-state index contributed by atoms with van der Waals surface area (Å²) in [7, 11) is 0. The minimum Gasteiger partial charge on any atom is -0.455 e. The third-order valence-corrected chi connectivity index (χ3v) is 1.42. The minimum atomic E-state index is -0.165. The highest BCUT2D eigenvalue weighted by molar-refractivity contribution is 5.90. The van der Waals surface area contributed by atoms with Crippen LogP contribution in [-0.2, 0) is 9.53 Å². The first-order valence-corrected chi connectivity index (χ1v) is 3.13. The maximum absolute atomic E-state index is 10.7. The molecular formula is C7H10O2. The second-order valence-corrected chi connectivity index (χ2v) is 2.20. The van der Waals surface area contributed by atoms with Crippen molar-refractivity contribution in [3.8, 4) is 0 Å². The van der Waals surface area contributed by atoms with E-state index in [1.165, 1.54) is 0 Å². The third-order valence-electron chi connectivity index (χ3n) is 1.42. The fraction of sp³-hybridized carbons (Fsp3) is 0.571. The van der Waals surface area contributed by atoms with Crippen molar-refractivity contribution in [3.63, 3.8) is 0 Å². The SMILES string of the molecule is CC[C@H]1C=C(C)C(=O)O1. The number of carbonyl (C=O) groups is 1. The molecule has 50 valence electrons. The van der Waals surface area contributed by atoms with Gasteiger partial charge in [-0.3, -0.25) is 0 Å². The molecule has 0 fully saturated rings. The van der Waals surface area contributed by atoms with Crippen LogP contribution in [0.5, 0.6) is 0 Å². The monoisotopic (exact) mass is 126 g/mol. The molecule has 2 heteroatoms. The molecule has 0 spiro atoms. The van der Waals surface area contributed by atoms with Gasteiger partial charge in [-0.2, -0.15) is 0 Å². The van der Waals surface area contributed by atoms with Crippen LogP contribution in [0, 0.1) is 0 Å². The van der Waals surface area contributed by atoms with E-state index in [1.807, 2.05) is 13.0 Å². The van der Waals surface area contributed by atoms with Crippen molar-refractivity contribution in [1.82, 2.24) is 0 Å². The van der Waals surface area contributed by atoms with Gasteiger partial charge in [-0.05, 0) is 19.4 Å². The van der Waals surface area contributed by atoms with E-state index in [4.69, 9.17) is 4.74 Å². The summed E-state index contributed by atoms with van der Waals surface area (Å²) in [6, 6.07) is 0. The molecule has 1 atom stereocenters. The summed E-state index contributed by atoms with van der Waals surface area (Å²) in [4.78, 5) is 10.7.